The lowest BCUT2D eigenvalue weighted by atomic mass is 9.99. The highest BCUT2D eigenvalue weighted by molar-refractivity contribution is 4.93. The Morgan fingerprint density at radius 3 is 1.17 bits per heavy atom. The van der Waals surface area contributed by atoms with Crippen molar-refractivity contribution in [3.8, 4) is 0 Å². The van der Waals surface area contributed by atoms with Gasteiger partial charge < -0.3 is 14.4 Å². The van der Waals surface area contributed by atoms with Crippen molar-refractivity contribution in [3.63, 3.8) is 0 Å². The molecule has 0 aromatic heterocycles. The number of hydrogen-bond donors (Lipinski definition) is 0. The van der Waals surface area contributed by atoms with Gasteiger partial charge in [-0.25, -0.2) is 0 Å². The molecule has 270 valence electrons. The molecule has 0 saturated carbocycles. The Hall–Kier alpha value is -1.16. The molecule has 3 nitrogen and oxygen atoms in total. The summed E-state index contributed by atoms with van der Waals surface area (Å²) in [5.74, 6) is 0. The van der Waals surface area contributed by atoms with Gasteiger partial charge in [-0.15, -0.1) is 0 Å². The van der Waals surface area contributed by atoms with Gasteiger partial charge in [0.15, 0.2) is 0 Å². The van der Waals surface area contributed by atoms with Crippen molar-refractivity contribution in [3.05, 3.63) is 48.6 Å². The third-order valence-corrected chi connectivity index (χ3v) is 8.70. The average Bonchev–Trinajstić information content (AvgIpc) is 3.05. The van der Waals surface area contributed by atoms with Crippen LogP contribution in [0.5, 0.6) is 0 Å². The number of hydrogen-bond acceptors (Lipinski definition) is 3. The largest absolute Gasteiger partial charge is 0.376 e. The molecule has 0 aliphatic heterocycles. The Labute approximate surface area is 289 Å². The zero-order valence-electron chi connectivity index (χ0n) is 31.8. The fraction of sp³-hybridized carbons (Fsp3) is 0.814. The predicted octanol–water partition coefficient (Wildman–Crippen LogP) is 13.4. The molecule has 0 aliphatic rings. The van der Waals surface area contributed by atoms with E-state index in [1.54, 1.807) is 0 Å². The van der Waals surface area contributed by atoms with Crippen LogP contribution in [0, 0.1) is 0 Å². The third-order valence-electron chi connectivity index (χ3n) is 8.70. The van der Waals surface area contributed by atoms with Crippen LogP contribution in [0.2, 0.25) is 0 Å². The number of allylic oxidation sites excluding steroid dienone is 8. The van der Waals surface area contributed by atoms with Crippen molar-refractivity contribution in [2.75, 3.05) is 33.9 Å². The Bertz CT molecular complexity index is 695. The van der Waals surface area contributed by atoms with Gasteiger partial charge in [-0.05, 0) is 97.6 Å². The molecular weight excluding hydrogens is 562 g/mol. The van der Waals surface area contributed by atoms with Crippen LogP contribution in [0.15, 0.2) is 48.6 Å². The summed E-state index contributed by atoms with van der Waals surface area (Å²) in [6, 6.07) is 0. The minimum absolute atomic E-state index is 0.232. The fourth-order valence-electron chi connectivity index (χ4n) is 5.72. The summed E-state index contributed by atoms with van der Waals surface area (Å²) in [6.45, 7) is 9.38. The molecule has 2 unspecified atom stereocenters. The fourth-order valence-corrected chi connectivity index (χ4v) is 5.72. The highest BCUT2D eigenvalue weighted by atomic mass is 16.5. The van der Waals surface area contributed by atoms with Crippen LogP contribution in [-0.4, -0.2) is 51.0 Å². The maximum atomic E-state index is 6.51. The maximum absolute atomic E-state index is 6.51. The van der Waals surface area contributed by atoms with Gasteiger partial charge in [0.1, 0.15) is 0 Å². The quantitative estimate of drug-likeness (QED) is 0.0501. The van der Waals surface area contributed by atoms with Crippen LogP contribution < -0.4 is 0 Å². The van der Waals surface area contributed by atoms with Crippen LogP contribution in [0.1, 0.15) is 181 Å². The highest BCUT2D eigenvalue weighted by Gasteiger charge is 2.22. The SMILES string of the molecule is CCCCC/C=C\C/C=C\CCCCCCCC(OCCC)C(CCCCCCC/C=C\C/C=C\CCCCC)OCCN(C)C. The Morgan fingerprint density at radius 1 is 0.413 bits per heavy atom. The van der Waals surface area contributed by atoms with Gasteiger partial charge in [0.2, 0.25) is 0 Å². The van der Waals surface area contributed by atoms with E-state index in [0.717, 1.165) is 51.9 Å². The molecule has 0 N–H and O–H groups in total. The number of likely N-dealkylation sites (N-methyl/N-ethyl adjacent to an activating group) is 1. The molecule has 0 spiro atoms. The second kappa shape index (κ2) is 38.3. The van der Waals surface area contributed by atoms with E-state index in [0.29, 0.717) is 0 Å². The lowest BCUT2D eigenvalue weighted by Gasteiger charge is -2.28. The van der Waals surface area contributed by atoms with Crippen LogP contribution in [0.3, 0.4) is 0 Å². The zero-order valence-corrected chi connectivity index (χ0v) is 31.8. The molecule has 0 saturated heterocycles. The Kier molecular flexibility index (Phi) is 37.3. The van der Waals surface area contributed by atoms with Crippen LogP contribution >= 0.6 is 0 Å². The summed E-state index contributed by atoms with van der Waals surface area (Å²) in [4.78, 5) is 2.22. The van der Waals surface area contributed by atoms with Crippen LogP contribution in [-0.2, 0) is 9.47 Å². The first-order valence-corrected chi connectivity index (χ1v) is 20.1. The second-order valence-corrected chi connectivity index (χ2v) is 13.7. The summed E-state index contributed by atoms with van der Waals surface area (Å²) >= 11 is 0. The summed E-state index contributed by atoms with van der Waals surface area (Å²) < 4.78 is 13.0. The van der Waals surface area contributed by atoms with E-state index in [2.05, 4.69) is 88.4 Å². The molecule has 0 rings (SSSR count). The van der Waals surface area contributed by atoms with Gasteiger partial charge in [0.25, 0.3) is 0 Å². The molecule has 2 atom stereocenters. The van der Waals surface area contributed by atoms with Crippen molar-refractivity contribution in [2.24, 2.45) is 0 Å². The molecule has 0 radical (unpaired) electrons. The second-order valence-electron chi connectivity index (χ2n) is 13.7. The molecule has 3 heteroatoms. The maximum Gasteiger partial charge on any atom is 0.0837 e. The standard InChI is InChI=1S/C43H81NO2/c1-6-9-11-13-15-17-19-21-23-25-27-29-31-33-35-37-42(45-40-8-3)43(46-41-39-44(4)5)38-36-34-32-30-28-26-24-22-20-18-16-14-12-10-7-2/h15-18,21-24,42-43H,6-14,19-20,25-41H2,1-5H3/b17-15-,18-16-,23-21-,24-22-. The average molecular weight is 644 g/mol. The molecule has 46 heavy (non-hydrogen) atoms. The third kappa shape index (κ3) is 34.2. The zero-order chi connectivity index (χ0) is 33.6. The van der Waals surface area contributed by atoms with Crippen molar-refractivity contribution in [1.82, 2.24) is 4.90 Å². The van der Waals surface area contributed by atoms with Crippen molar-refractivity contribution < 1.29 is 9.47 Å². The van der Waals surface area contributed by atoms with Crippen molar-refractivity contribution in [2.45, 2.75) is 193 Å². The van der Waals surface area contributed by atoms with Gasteiger partial charge in [0.05, 0.1) is 18.8 Å². The first kappa shape index (κ1) is 44.8. The minimum Gasteiger partial charge on any atom is -0.376 e. The van der Waals surface area contributed by atoms with E-state index in [9.17, 15) is 0 Å². The minimum atomic E-state index is 0.232. The smallest absolute Gasteiger partial charge is 0.0837 e. The number of nitrogens with zero attached hydrogens (tertiary/aromatic N) is 1. The number of unbranched alkanes of at least 4 members (excludes halogenated alkanes) is 16. The normalized spacial score (nSPS) is 13.9. The monoisotopic (exact) mass is 644 g/mol. The lowest BCUT2D eigenvalue weighted by molar-refractivity contribution is -0.0829. The van der Waals surface area contributed by atoms with Gasteiger partial charge in [-0.3, -0.25) is 0 Å². The summed E-state index contributed by atoms with van der Waals surface area (Å²) in [5.41, 5.74) is 0. The van der Waals surface area contributed by atoms with E-state index in [1.807, 2.05) is 0 Å². The first-order valence-electron chi connectivity index (χ1n) is 20.1. The highest BCUT2D eigenvalue weighted by Crippen LogP contribution is 2.21. The van der Waals surface area contributed by atoms with E-state index in [4.69, 9.17) is 9.47 Å². The van der Waals surface area contributed by atoms with E-state index in [-0.39, 0.29) is 12.2 Å². The number of rotatable bonds is 36. The molecular formula is C43H81NO2. The molecule has 0 heterocycles. The van der Waals surface area contributed by atoms with E-state index < -0.39 is 0 Å². The van der Waals surface area contributed by atoms with E-state index >= 15 is 0 Å². The summed E-state index contributed by atoms with van der Waals surface area (Å²) in [5, 5.41) is 0. The Balaban J connectivity index is 4.28. The van der Waals surface area contributed by atoms with Crippen LogP contribution in [0.25, 0.3) is 0 Å². The molecule has 0 fully saturated rings. The van der Waals surface area contributed by atoms with Gasteiger partial charge in [0, 0.05) is 13.2 Å². The molecule has 0 bridgehead atoms. The molecule has 0 aromatic carbocycles. The van der Waals surface area contributed by atoms with Gasteiger partial charge >= 0.3 is 0 Å². The van der Waals surface area contributed by atoms with E-state index in [1.165, 1.54) is 128 Å². The molecule has 0 aromatic rings. The van der Waals surface area contributed by atoms with Crippen molar-refractivity contribution in [1.29, 1.82) is 0 Å². The van der Waals surface area contributed by atoms with Gasteiger partial charge in [-0.2, -0.15) is 0 Å². The molecule has 0 aliphatic carbocycles. The first-order chi connectivity index (χ1) is 22.7. The van der Waals surface area contributed by atoms with Crippen molar-refractivity contribution >= 4 is 0 Å². The topological polar surface area (TPSA) is 21.7 Å². The van der Waals surface area contributed by atoms with Crippen LogP contribution in [0.4, 0.5) is 0 Å². The lowest BCUT2D eigenvalue weighted by Crippen LogP contribution is -2.34. The predicted molar refractivity (Wildman–Crippen MR) is 207 cm³/mol. The summed E-state index contributed by atoms with van der Waals surface area (Å²) in [6.07, 6.45) is 50.9. The number of ether oxygens (including phenoxy) is 2. The van der Waals surface area contributed by atoms with Gasteiger partial charge in [-0.1, -0.05) is 146 Å². The molecule has 0 amide bonds. The Morgan fingerprint density at radius 2 is 0.783 bits per heavy atom. The summed E-state index contributed by atoms with van der Waals surface area (Å²) in [7, 11) is 4.26.